The minimum absolute atomic E-state index is 0.0324. The maximum atomic E-state index is 13.0. The molecule has 6 nitrogen and oxygen atoms in total. The number of nitrogens with one attached hydrogen (secondary N) is 1. The van der Waals surface area contributed by atoms with Gasteiger partial charge < -0.3 is 19.7 Å². The van der Waals surface area contributed by atoms with Gasteiger partial charge in [0.2, 0.25) is 5.91 Å². The van der Waals surface area contributed by atoms with Crippen LogP contribution in [0.3, 0.4) is 0 Å². The molecule has 0 radical (unpaired) electrons. The second kappa shape index (κ2) is 11.2. The number of benzene rings is 2. The molecular formula is C22H26BrClN2O4. The number of carbonyl (C=O) groups excluding carboxylic acids is 2. The van der Waals surface area contributed by atoms with Crippen molar-refractivity contribution in [3.05, 3.63) is 57.5 Å². The van der Waals surface area contributed by atoms with Crippen LogP contribution in [0, 0.1) is 0 Å². The van der Waals surface area contributed by atoms with Crippen LogP contribution in [-0.4, -0.2) is 42.5 Å². The zero-order valence-corrected chi connectivity index (χ0v) is 19.8. The summed E-state index contributed by atoms with van der Waals surface area (Å²) in [6.07, 6.45) is 0. The summed E-state index contributed by atoms with van der Waals surface area (Å²) in [5.41, 5.74) is 0.847. The third-order valence-electron chi connectivity index (χ3n) is 4.33. The Bertz CT molecular complexity index is 891. The van der Waals surface area contributed by atoms with Gasteiger partial charge in [-0.2, -0.15) is 0 Å². The normalized spacial score (nSPS) is 11.7. The van der Waals surface area contributed by atoms with Crippen molar-refractivity contribution in [1.29, 1.82) is 0 Å². The monoisotopic (exact) mass is 496 g/mol. The van der Waals surface area contributed by atoms with Crippen molar-refractivity contribution in [1.82, 2.24) is 10.2 Å². The topological polar surface area (TPSA) is 67.9 Å². The van der Waals surface area contributed by atoms with Crippen LogP contribution in [-0.2, 0) is 16.1 Å². The van der Waals surface area contributed by atoms with Crippen molar-refractivity contribution in [3.8, 4) is 11.5 Å². The first-order valence-electron chi connectivity index (χ1n) is 9.52. The van der Waals surface area contributed by atoms with E-state index in [2.05, 4.69) is 21.2 Å². The first-order valence-corrected chi connectivity index (χ1v) is 10.7. The molecule has 0 saturated heterocycles. The lowest BCUT2D eigenvalue weighted by molar-refractivity contribution is -0.142. The summed E-state index contributed by atoms with van der Waals surface area (Å²) in [6, 6.07) is 11.7. The average Bonchev–Trinajstić information content (AvgIpc) is 2.70. The Balaban J connectivity index is 2.19. The molecule has 0 saturated carbocycles. The molecule has 2 amide bonds. The van der Waals surface area contributed by atoms with E-state index in [1.54, 1.807) is 32.2 Å². The number of ether oxygens (including phenoxy) is 2. The summed E-state index contributed by atoms with van der Waals surface area (Å²) in [5, 5.41) is 3.41. The van der Waals surface area contributed by atoms with Crippen LogP contribution in [0.2, 0.25) is 5.02 Å². The van der Waals surface area contributed by atoms with Crippen molar-refractivity contribution < 1.29 is 19.1 Å². The fraction of sp³-hybridized carbons (Fsp3) is 0.364. The Hall–Kier alpha value is -2.25. The first-order chi connectivity index (χ1) is 14.2. The van der Waals surface area contributed by atoms with Gasteiger partial charge in [0.25, 0.3) is 5.91 Å². The summed E-state index contributed by atoms with van der Waals surface area (Å²) in [4.78, 5) is 27.1. The minimum atomic E-state index is -0.677. The van der Waals surface area contributed by atoms with E-state index in [1.165, 1.54) is 4.90 Å². The Morgan fingerprint density at radius 1 is 1.17 bits per heavy atom. The SMILES string of the molecule is COc1cccc(CN(C(=O)COc2ccc(Cl)cc2Br)C(C)C(=O)NC(C)C)c1. The second-order valence-electron chi connectivity index (χ2n) is 7.08. The number of hydrogen-bond donors (Lipinski definition) is 1. The van der Waals surface area contributed by atoms with Crippen LogP contribution in [0.5, 0.6) is 11.5 Å². The molecule has 0 bridgehead atoms. The van der Waals surface area contributed by atoms with E-state index in [9.17, 15) is 9.59 Å². The Morgan fingerprint density at radius 3 is 2.53 bits per heavy atom. The molecule has 2 aromatic carbocycles. The van der Waals surface area contributed by atoms with E-state index in [1.807, 2.05) is 38.1 Å². The van der Waals surface area contributed by atoms with E-state index in [0.717, 1.165) is 5.56 Å². The lowest BCUT2D eigenvalue weighted by Crippen LogP contribution is -2.50. The summed E-state index contributed by atoms with van der Waals surface area (Å²) in [5.74, 6) is 0.633. The number of hydrogen-bond acceptors (Lipinski definition) is 4. The van der Waals surface area contributed by atoms with Crippen molar-refractivity contribution in [3.63, 3.8) is 0 Å². The van der Waals surface area contributed by atoms with Gasteiger partial charge in [0.15, 0.2) is 6.61 Å². The number of methoxy groups -OCH3 is 1. The zero-order valence-electron chi connectivity index (χ0n) is 17.4. The average molecular weight is 498 g/mol. The van der Waals surface area contributed by atoms with Crippen molar-refractivity contribution in [2.75, 3.05) is 13.7 Å². The van der Waals surface area contributed by atoms with Gasteiger partial charge in [0, 0.05) is 17.6 Å². The van der Waals surface area contributed by atoms with Crippen LogP contribution in [0.4, 0.5) is 0 Å². The lowest BCUT2D eigenvalue weighted by atomic mass is 10.1. The van der Waals surface area contributed by atoms with E-state index in [-0.39, 0.29) is 31.0 Å². The van der Waals surface area contributed by atoms with Gasteiger partial charge in [0.05, 0.1) is 11.6 Å². The number of nitrogens with zero attached hydrogens (tertiary/aromatic N) is 1. The molecule has 0 aliphatic rings. The molecule has 8 heteroatoms. The van der Waals surface area contributed by atoms with E-state index in [0.29, 0.717) is 21.0 Å². The van der Waals surface area contributed by atoms with E-state index >= 15 is 0 Å². The fourth-order valence-corrected chi connectivity index (χ4v) is 3.57. The molecule has 1 atom stereocenters. The van der Waals surface area contributed by atoms with Gasteiger partial charge in [0.1, 0.15) is 17.5 Å². The molecule has 1 unspecified atom stereocenters. The highest BCUT2D eigenvalue weighted by Crippen LogP contribution is 2.28. The molecule has 2 aromatic rings. The minimum Gasteiger partial charge on any atom is -0.497 e. The molecule has 0 aliphatic heterocycles. The van der Waals surface area contributed by atoms with Gasteiger partial charge in [-0.05, 0) is 72.6 Å². The lowest BCUT2D eigenvalue weighted by Gasteiger charge is -2.29. The van der Waals surface area contributed by atoms with Crippen molar-refractivity contribution >= 4 is 39.3 Å². The van der Waals surface area contributed by atoms with E-state index in [4.69, 9.17) is 21.1 Å². The molecule has 0 aliphatic carbocycles. The molecule has 2 rings (SSSR count). The predicted octanol–water partition coefficient (Wildman–Crippen LogP) is 4.43. The number of amides is 2. The van der Waals surface area contributed by atoms with Crippen molar-refractivity contribution in [2.24, 2.45) is 0 Å². The molecule has 0 fully saturated rings. The molecule has 30 heavy (non-hydrogen) atoms. The van der Waals surface area contributed by atoms with Crippen LogP contribution < -0.4 is 14.8 Å². The van der Waals surface area contributed by atoms with Gasteiger partial charge in [-0.3, -0.25) is 9.59 Å². The molecular weight excluding hydrogens is 472 g/mol. The van der Waals surface area contributed by atoms with Crippen LogP contribution in [0.1, 0.15) is 26.3 Å². The van der Waals surface area contributed by atoms with Crippen LogP contribution in [0.25, 0.3) is 0 Å². The third-order valence-corrected chi connectivity index (χ3v) is 5.19. The van der Waals surface area contributed by atoms with Gasteiger partial charge in [-0.25, -0.2) is 0 Å². The summed E-state index contributed by atoms with van der Waals surface area (Å²) in [7, 11) is 1.58. The maximum absolute atomic E-state index is 13.0. The van der Waals surface area contributed by atoms with Gasteiger partial charge in [-0.1, -0.05) is 23.7 Å². The summed E-state index contributed by atoms with van der Waals surface area (Å²) >= 11 is 9.32. The highest BCUT2D eigenvalue weighted by Gasteiger charge is 2.27. The summed E-state index contributed by atoms with van der Waals surface area (Å²) in [6.45, 7) is 5.48. The third kappa shape index (κ3) is 6.92. The fourth-order valence-electron chi connectivity index (χ4n) is 2.77. The smallest absolute Gasteiger partial charge is 0.261 e. The van der Waals surface area contributed by atoms with Crippen LogP contribution in [0.15, 0.2) is 46.9 Å². The van der Waals surface area contributed by atoms with Gasteiger partial charge >= 0.3 is 0 Å². The van der Waals surface area contributed by atoms with E-state index < -0.39 is 6.04 Å². The predicted molar refractivity (Wildman–Crippen MR) is 121 cm³/mol. The largest absolute Gasteiger partial charge is 0.497 e. The Kier molecular flexibility index (Phi) is 8.99. The Morgan fingerprint density at radius 2 is 1.90 bits per heavy atom. The highest BCUT2D eigenvalue weighted by molar-refractivity contribution is 9.10. The molecule has 0 aromatic heterocycles. The number of rotatable bonds is 9. The standard InChI is InChI=1S/C22H26BrClN2O4/c1-14(2)25-22(28)15(3)26(12-16-6-5-7-18(10-16)29-4)21(27)13-30-20-9-8-17(24)11-19(20)23/h5-11,14-15H,12-13H2,1-4H3,(H,25,28). The molecule has 1 N–H and O–H groups in total. The zero-order chi connectivity index (χ0) is 22.3. The second-order valence-corrected chi connectivity index (χ2v) is 8.37. The van der Waals surface area contributed by atoms with Crippen molar-refractivity contribution in [2.45, 2.75) is 39.4 Å². The number of carbonyl (C=O) groups is 2. The molecule has 0 heterocycles. The Labute approximate surface area is 190 Å². The number of halogens is 2. The van der Waals surface area contributed by atoms with Gasteiger partial charge in [-0.15, -0.1) is 0 Å². The summed E-state index contributed by atoms with van der Waals surface area (Å²) < 4.78 is 11.6. The molecule has 162 valence electrons. The molecule has 0 spiro atoms. The maximum Gasteiger partial charge on any atom is 0.261 e. The highest BCUT2D eigenvalue weighted by atomic mass is 79.9. The first kappa shape index (κ1) is 24.0. The van der Waals surface area contributed by atoms with Crippen LogP contribution >= 0.6 is 27.5 Å². The quantitative estimate of drug-likeness (QED) is 0.556.